The van der Waals surface area contributed by atoms with E-state index in [0.29, 0.717) is 36.0 Å². The number of hydrogen-bond acceptors (Lipinski definition) is 6. The molecular weight excluding hydrogens is 310 g/mol. The van der Waals surface area contributed by atoms with Crippen LogP contribution < -0.4 is 24.4 Å². The predicted octanol–water partition coefficient (Wildman–Crippen LogP) is 1.69. The highest BCUT2D eigenvalue weighted by Crippen LogP contribution is 2.34. The van der Waals surface area contributed by atoms with E-state index < -0.39 is 0 Å². The van der Waals surface area contributed by atoms with E-state index in [4.69, 9.17) is 14.2 Å². The Morgan fingerprint density at radius 3 is 2.92 bits per heavy atom. The highest BCUT2D eigenvalue weighted by atomic mass is 16.7. The van der Waals surface area contributed by atoms with E-state index in [1.54, 1.807) is 30.5 Å². The molecule has 0 spiro atoms. The molecular formula is C17H19N3O4. The van der Waals surface area contributed by atoms with Gasteiger partial charge in [0.25, 0.3) is 5.91 Å². The second kappa shape index (κ2) is 7.08. The van der Waals surface area contributed by atoms with E-state index in [0.717, 1.165) is 5.82 Å². The number of anilines is 1. The lowest BCUT2D eigenvalue weighted by molar-refractivity contribution is 0.0947. The van der Waals surface area contributed by atoms with Crippen molar-refractivity contribution in [3.05, 3.63) is 42.1 Å². The lowest BCUT2D eigenvalue weighted by Crippen LogP contribution is -2.28. The van der Waals surface area contributed by atoms with Crippen molar-refractivity contribution < 1.29 is 19.0 Å². The average Bonchev–Trinajstić information content (AvgIpc) is 3.06. The summed E-state index contributed by atoms with van der Waals surface area (Å²) in [5.74, 6) is 2.64. The van der Waals surface area contributed by atoms with Gasteiger partial charge in [0.1, 0.15) is 18.2 Å². The number of amides is 1. The van der Waals surface area contributed by atoms with Gasteiger partial charge in [0.2, 0.25) is 6.79 Å². The minimum atomic E-state index is -0.158. The monoisotopic (exact) mass is 329 g/mol. The van der Waals surface area contributed by atoms with E-state index in [1.807, 2.05) is 25.1 Å². The molecule has 0 fully saturated rings. The van der Waals surface area contributed by atoms with Gasteiger partial charge in [-0.15, -0.1) is 0 Å². The molecule has 0 bridgehead atoms. The lowest BCUT2D eigenvalue weighted by atomic mass is 10.2. The molecule has 1 N–H and O–H groups in total. The van der Waals surface area contributed by atoms with E-state index in [-0.39, 0.29) is 12.7 Å². The standard InChI is InChI=1S/C17H19N3O4/c1-20(2)16-9-12(5-6-18-16)17(21)19-7-8-22-13-3-4-14-15(10-13)24-11-23-14/h3-6,9-10H,7-8,11H2,1-2H3,(H,19,21). The number of aromatic nitrogens is 1. The molecule has 0 unspecified atom stereocenters. The van der Waals surface area contributed by atoms with Crippen LogP contribution in [-0.4, -0.2) is 44.9 Å². The second-order valence-electron chi connectivity index (χ2n) is 5.42. The number of nitrogens with one attached hydrogen (secondary N) is 1. The van der Waals surface area contributed by atoms with Gasteiger partial charge in [-0.25, -0.2) is 4.98 Å². The molecule has 7 heteroatoms. The minimum Gasteiger partial charge on any atom is -0.492 e. The third-order valence-corrected chi connectivity index (χ3v) is 3.47. The summed E-state index contributed by atoms with van der Waals surface area (Å²) in [5, 5.41) is 2.82. The molecule has 1 amide bonds. The third-order valence-electron chi connectivity index (χ3n) is 3.47. The number of carbonyl (C=O) groups excluding carboxylic acids is 1. The van der Waals surface area contributed by atoms with Crippen LogP contribution >= 0.6 is 0 Å². The number of nitrogens with zero attached hydrogens (tertiary/aromatic N) is 2. The van der Waals surface area contributed by atoms with Gasteiger partial charge in [0, 0.05) is 31.9 Å². The first-order valence-electron chi connectivity index (χ1n) is 7.57. The van der Waals surface area contributed by atoms with Gasteiger partial charge < -0.3 is 24.4 Å². The van der Waals surface area contributed by atoms with Gasteiger partial charge in [0.05, 0.1) is 6.54 Å². The maximum atomic E-state index is 12.1. The zero-order valence-electron chi connectivity index (χ0n) is 13.6. The summed E-state index contributed by atoms with van der Waals surface area (Å²) in [5.41, 5.74) is 0.566. The van der Waals surface area contributed by atoms with Crippen LogP contribution in [0.15, 0.2) is 36.5 Å². The van der Waals surface area contributed by atoms with Crippen molar-refractivity contribution in [2.24, 2.45) is 0 Å². The smallest absolute Gasteiger partial charge is 0.251 e. The van der Waals surface area contributed by atoms with Crippen molar-refractivity contribution in [3.63, 3.8) is 0 Å². The molecule has 1 aliphatic rings. The molecule has 0 aliphatic carbocycles. The fourth-order valence-electron chi connectivity index (χ4n) is 2.21. The maximum absolute atomic E-state index is 12.1. The summed E-state index contributed by atoms with van der Waals surface area (Å²) in [4.78, 5) is 18.2. The molecule has 0 atom stereocenters. The zero-order chi connectivity index (χ0) is 16.9. The SMILES string of the molecule is CN(C)c1cc(C(=O)NCCOc2ccc3c(c2)OCO3)ccn1. The molecule has 126 valence electrons. The van der Waals surface area contributed by atoms with Crippen molar-refractivity contribution in [2.75, 3.05) is 38.9 Å². The van der Waals surface area contributed by atoms with Crippen LogP contribution in [0.1, 0.15) is 10.4 Å². The van der Waals surface area contributed by atoms with Crippen molar-refractivity contribution in [2.45, 2.75) is 0 Å². The van der Waals surface area contributed by atoms with Gasteiger partial charge in [0.15, 0.2) is 11.5 Å². The fourth-order valence-corrected chi connectivity index (χ4v) is 2.21. The van der Waals surface area contributed by atoms with Crippen LogP contribution in [0.3, 0.4) is 0 Å². The van der Waals surface area contributed by atoms with E-state index in [9.17, 15) is 4.79 Å². The molecule has 0 saturated carbocycles. The first-order chi connectivity index (χ1) is 11.6. The van der Waals surface area contributed by atoms with Gasteiger partial charge in [-0.05, 0) is 24.3 Å². The summed E-state index contributed by atoms with van der Waals surface area (Å²) in [6, 6.07) is 8.81. The maximum Gasteiger partial charge on any atom is 0.251 e. The number of ether oxygens (including phenoxy) is 3. The molecule has 1 aromatic heterocycles. The Bertz CT molecular complexity index is 734. The topological polar surface area (TPSA) is 72.9 Å². The Labute approximate surface area is 140 Å². The first-order valence-corrected chi connectivity index (χ1v) is 7.57. The van der Waals surface area contributed by atoms with E-state index in [1.165, 1.54) is 0 Å². The number of hydrogen-bond donors (Lipinski definition) is 1. The summed E-state index contributed by atoms with van der Waals surface area (Å²) >= 11 is 0. The molecule has 24 heavy (non-hydrogen) atoms. The summed E-state index contributed by atoms with van der Waals surface area (Å²) in [7, 11) is 3.76. The molecule has 2 aromatic rings. The van der Waals surface area contributed by atoms with Gasteiger partial charge >= 0.3 is 0 Å². The highest BCUT2D eigenvalue weighted by molar-refractivity contribution is 5.94. The summed E-state index contributed by atoms with van der Waals surface area (Å²) in [6.07, 6.45) is 1.62. The van der Waals surface area contributed by atoms with Gasteiger partial charge in [-0.2, -0.15) is 0 Å². The van der Waals surface area contributed by atoms with Crippen LogP contribution in [0.4, 0.5) is 5.82 Å². The molecule has 3 rings (SSSR count). The Morgan fingerprint density at radius 2 is 2.08 bits per heavy atom. The van der Waals surface area contributed by atoms with Crippen molar-refractivity contribution >= 4 is 11.7 Å². The van der Waals surface area contributed by atoms with E-state index in [2.05, 4.69) is 10.3 Å². The Kier molecular flexibility index (Phi) is 4.69. The largest absolute Gasteiger partial charge is 0.492 e. The van der Waals surface area contributed by atoms with Gasteiger partial charge in [-0.1, -0.05) is 0 Å². The summed E-state index contributed by atoms with van der Waals surface area (Å²) < 4.78 is 16.1. The van der Waals surface area contributed by atoms with Crippen molar-refractivity contribution in [1.29, 1.82) is 0 Å². The molecule has 0 saturated heterocycles. The minimum absolute atomic E-state index is 0.158. The predicted molar refractivity (Wildman–Crippen MR) is 89.0 cm³/mol. The average molecular weight is 329 g/mol. The first kappa shape index (κ1) is 15.9. The Balaban J connectivity index is 1.48. The molecule has 0 radical (unpaired) electrons. The van der Waals surface area contributed by atoms with Crippen LogP contribution in [0.2, 0.25) is 0 Å². The number of pyridine rings is 1. The fraction of sp³-hybridized carbons (Fsp3) is 0.294. The zero-order valence-corrected chi connectivity index (χ0v) is 13.6. The van der Waals surface area contributed by atoms with Crippen molar-refractivity contribution in [1.82, 2.24) is 10.3 Å². The van der Waals surface area contributed by atoms with Crippen molar-refractivity contribution in [3.8, 4) is 17.2 Å². The van der Waals surface area contributed by atoms with Gasteiger partial charge in [-0.3, -0.25) is 4.79 Å². The number of rotatable bonds is 6. The van der Waals surface area contributed by atoms with Crippen LogP contribution in [0, 0.1) is 0 Å². The Morgan fingerprint density at radius 1 is 1.25 bits per heavy atom. The normalized spacial score (nSPS) is 11.9. The van der Waals surface area contributed by atoms with Crippen LogP contribution in [0.5, 0.6) is 17.2 Å². The third kappa shape index (κ3) is 3.68. The number of benzene rings is 1. The molecule has 2 heterocycles. The van der Waals surface area contributed by atoms with Crippen LogP contribution in [0.25, 0.3) is 0 Å². The highest BCUT2D eigenvalue weighted by Gasteiger charge is 2.13. The molecule has 7 nitrogen and oxygen atoms in total. The quantitative estimate of drug-likeness (QED) is 0.813. The van der Waals surface area contributed by atoms with Crippen LogP contribution in [-0.2, 0) is 0 Å². The Hall–Kier alpha value is -2.96. The number of carbonyl (C=O) groups is 1. The second-order valence-corrected chi connectivity index (χ2v) is 5.42. The molecule has 1 aromatic carbocycles. The lowest BCUT2D eigenvalue weighted by Gasteiger charge is -2.12. The summed E-state index contributed by atoms with van der Waals surface area (Å²) in [6.45, 7) is 0.986. The molecule has 1 aliphatic heterocycles. The van der Waals surface area contributed by atoms with E-state index >= 15 is 0 Å². The number of fused-ring (bicyclic) bond motifs is 1.